The number of nitrogens with zero attached hydrogens (tertiary/aromatic N) is 4. The Bertz CT molecular complexity index is 1260. The van der Waals surface area contributed by atoms with Crippen molar-refractivity contribution in [2.75, 3.05) is 13.1 Å². The molecule has 3 heterocycles. The SMILES string of the molecule is CC(C)Cn1c(=O)c(=O)n(C2CCN(Cc3ccc(OC(F)(F)F)cc3)CC2)c2ncccc21. The van der Waals surface area contributed by atoms with Crippen LogP contribution in [0.2, 0.25) is 0 Å². The molecular formula is C24H27F3N4O3. The van der Waals surface area contributed by atoms with Crippen LogP contribution in [0.5, 0.6) is 5.75 Å². The van der Waals surface area contributed by atoms with E-state index in [0.717, 1.165) is 5.56 Å². The molecule has 0 radical (unpaired) electrons. The lowest BCUT2D eigenvalue weighted by Crippen LogP contribution is -2.46. The lowest BCUT2D eigenvalue weighted by molar-refractivity contribution is -0.274. The molecule has 0 aliphatic carbocycles. The quantitative estimate of drug-likeness (QED) is 0.504. The third-order valence-electron chi connectivity index (χ3n) is 5.97. The van der Waals surface area contributed by atoms with Gasteiger partial charge in [-0.2, -0.15) is 0 Å². The number of hydrogen-bond acceptors (Lipinski definition) is 5. The summed E-state index contributed by atoms with van der Waals surface area (Å²) in [7, 11) is 0. The largest absolute Gasteiger partial charge is 0.573 e. The minimum atomic E-state index is -4.71. The predicted octanol–water partition coefficient (Wildman–Crippen LogP) is 3.95. The Morgan fingerprint density at radius 3 is 2.35 bits per heavy atom. The third kappa shape index (κ3) is 5.32. The molecule has 1 aliphatic heterocycles. The number of hydrogen-bond donors (Lipinski definition) is 0. The van der Waals surface area contributed by atoms with E-state index in [0.29, 0.717) is 50.2 Å². The van der Waals surface area contributed by atoms with E-state index in [1.54, 1.807) is 29.0 Å². The van der Waals surface area contributed by atoms with Crippen LogP contribution in [0.4, 0.5) is 13.2 Å². The number of alkyl halides is 3. The summed E-state index contributed by atoms with van der Waals surface area (Å²) in [5, 5.41) is 0. The van der Waals surface area contributed by atoms with Gasteiger partial charge in [-0.25, -0.2) is 4.98 Å². The molecule has 0 N–H and O–H groups in total. The summed E-state index contributed by atoms with van der Waals surface area (Å²) in [4.78, 5) is 32.6. The van der Waals surface area contributed by atoms with Crippen LogP contribution in [0.1, 0.15) is 38.3 Å². The molecule has 1 aromatic carbocycles. The van der Waals surface area contributed by atoms with E-state index in [9.17, 15) is 22.8 Å². The molecule has 0 saturated carbocycles. The predicted molar refractivity (Wildman–Crippen MR) is 122 cm³/mol. The summed E-state index contributed by atoms with van der Waals surface area (Å²) in [6.45, 7) is 6.37. The smallest absolute Gasteiger partial charge is 0.406 e. The first kappa shape index (κ1) is 24.0. The van der Waals surface area contributed by atoms with E-state index in [1.165, 1.54) is 16.7 Å². The van der Waals surface area contributed by atoms with Crippen LogP contribution in [0.3, 0.4) is 0 Å². The van der Waals surface area contributed by atoms with Crippen molar-refractivity contribution in [1.82, 2.24) is 19.0 Å². The van der Waals surface area contributed by atoms with Gasteiger partial charge in [-0.15, -0.1) is 13.2 Å². The zero-order chi connectivity index (χ0) is 24.5. The maximum atomic E-state index is 13.1. The summed E-state index contributed by atoms with van der Waals surface area (Å²) in [5.74, 6) is -0.0467. The number of likely N-dealkylation sites (tertiary alicyclic amines) is 1. The van der Waals surface area contributed by atoms with Crippen molar-refractivity contribution >= 4 is 11.2 Å². The normalized spacial score (nSPS) is 15.8. The molecule has 1 fully saturated rings. The monoisotopic (exact) mass is 476 g/mol. The molecule has 0 bridgehead atoms. The van der Waals surface area contributed by atoms with E-state index < -0.39 is 17.5 Å². The van der Waals surface area contributed by atoms with Crippen molar-refractivity contribution in [3.8, 4) is 5.75 Å². The van der Waals surface area contributed by atoms with E-state index in [4.69, 9.17) is 0 Å². The van der Waals surface area contributed by atoms with Crippen molar-refractivity contribution < 1.29 is 17.9 Å². The van der Waals surface area contributed by atoms with Crippen LogP contribution >= 0.6 is 0 Å². The minimum Gasteiger partial charge on any atom is -0.406 e. The number of pyridine rings is 1. The first-order chi connectivity index (χ1) is 16.1. The molecule has 0 spiro atoms. The van der Waals surface area contributed by atoms with E-state index in [1.807, 2.05) is 19.9 Å². The highest BCUT2D eigenvalue weighted by Crippen LogP contribution is 2.26. The highest BCUT2D eigenvalue weighted by molar-refractivity contribution is 5.70. The summed E-state index contributed by atoms with van der Waals surface area (Å²) < 4.78 is 44.0. The van der Waals surface area contributed by atoms with Crippen LogP contribution in [0, 0.1) is 5.92 Å². The zero-order valence-corrected chi connectivity index (χ0v) is 19.1. The second-order valence-electron chi connectivity index (χ2n) is 9.03. The van der Waals surface area contributed by atoms with Gasteiger partial charge in [0.25, 0.3) is 0 Å². The van der Waals surface area contributed by atoms with Crippen LogP contribution < -0.4 is 15.9 Å². The molecule has 7 nitrogen and oxygen atoms in total. The van der Waals surface area contributed by atoms with Crippen molar-refractivity contribution in [3.05, 3.63) is 68.9 Å². The van der Waals surface area contributed by atoms with Gasteiger partial charge in [0.15, 0.2) is 5.65 Å². The number of aromatic nitrogens is 3. The molecule has 0 amide bonds. The minimum absolute atomic E-state index is 0.148. The van der Waals surface area contributed by atoms with Gasteiger partial charge in [-0.1, -0.05) is 26.0 Å². The summed E-state index contributed by atoms with van der Waals surface area (Å²) >= 11 is 0. The Hall–Kier alpha value is -3.14. The van der Waals surface area contributed by atoms with Crippen LogP contribution in [0.25, 0.3) is 11.2 Å². The average molecular weight is 476 g/mol. The van der Waals surface area contributed by atoms with Gasteiger partial charge >= 0.3 is 17.5 Å². The topological polar surface area (TPSA) is 69.4 Å². The number of fused-ring (bicyclic) bond motifs is 1. The van der Waals surface area contributed by atoms with Crippen molar-refractivity contribution in [2.45, 2.75) is 52.2 Å². The fourth-order valence-corrected chi connectivity index (χ4v) is 4.48. The maximum Gasteiger partial charge on any atom is 0.573 e. The fourth-order valence-electron chi connectivity index (χ4n) is 4.48. The summed E-state index contributed by atoms with van der Waals surface area (Å²) in [5.41, 5.74) is 0.965. The van der Waals surface area contributed by atoms with E-state index in [-0.39, 0.29) is 17.7 Å². The van der Waals surface area contributed by atoms with Gasteiger partial charge in [-0.3, -0.25) is 19.1 Å². The third-order valence-corrected chi connectivity index (χ3v) is 5.97. The standard InChI is InChI=1S/C24H27F3N4O3/c1-16(2)14-30-20-4-3-11-28-21(20)31(23(33)22(30)32)18-9-12-29(13-10-18)15-17-5-7-19(8-6-17)34-24(25,26)27/h3-8,11,16,18H,9-10,12-15H2,1-2H3. The van der Waals surface area contributed by atoms with Gasteiger partial charge in [0.05, 0.1) is 5.52 Å². The molecule has 2 aromatic heterocycles. The highest BCUT2D eigenvalue weighted by Gasteiger charge is 2.31. The molecule has 3 aromatic rings. The Kier molecular flexibility index (Phi) is 6.79. The van der Waals surface area contributed by atoms with Gasteiger partial charge in [0.2, 0.25) is 0 Å². The number of benzene rings is 1. The Labute approximate surface area is 194 Å². The van der Waals surface area contributed by atoms with E-state index >= 15 is 0 Å². The van der Waals surface area contributed by atoms with Crippen molar-refractivity contribution in [2.24, 2.45) is 5.92 Å². The number of ether oxygens (including phenoxy) is 1. The van der Waals surface area contributed by atoms with Gasteiger partial charge in [0.1, 0.15) is 5.75 Å². The van der Waals surface area contributed by atoms with Crippen molar-refractivity contribution in [1.29, 1.82) is 0 Å². The molecule has 0 unspecified atom stereocenters. The average Bonchev–Trinajstić information content (AvgIpc) is 2.78. The molecule has 0 atom stereocenters. The maximum absolute atomic E-state index is 13.1. The molecule has 182 valence electrons. The number of piperidine rings is 1. The zero-order valence-electron chi connectivity index (χ0n) is 19.1. The van der Waals surface area contributed by atoms with Crippen LogP contribution in [-0.4, -0.2) is 38.5 Å². The van der Waals surface area contributed by atoms with Gasteiger partial charge < -0.3 is 9.30 Å². The second-order valence-corrected chi connectivity index (χ2v) is 9.03. The lowest BCUT2D eigenvalue weighted by atomic mass is 10.0. The number of rotatable bonds is 6. The van der Waals surface area contributed by atoms with Crippen LogP contribution in [0.15, 0.2) is 52.2 Å². The first-order valence-electron chi connectivity index (χ1n) is 11.3. The molecule has 10 heteroatoms. The van der Waals surface area contributed by atoms with Crippen LogP contribution in [-0.2, 0) is 13.1 Å². The second kappa shape index (κ2) is 9.61. The van der Waals surface area contributed by atoms with Crippen molar-refractivity contribution in [3.63, 3.8) is 0 Å². The Morgan fingerprint density at radius 1 is 1.06 bits per heavy atom. The summed E-state index contributed by atoms with van der Waals surface area (Å²) in [6, 6.07) is 9.28. The number of halogens is 3. The Morgan fingerprint density at radius 2 is 1.74 bits per heavy atom. The van der Waals surface area contributed by atoms with E-state index in [2.05, 4.69) is 14.6 Å². The highest BCUT2D eigenvalue weighted by atomic mass is 19.4. The molecular weight excluding hydrogens is 449 g/mol. The van der Waals surface area contributed by atoms with Gasteiger partial charge in [-0.05, 0) is 48.6 Å². The molecule has 1 aliphatic rings. The first-order valence-corrected chi connectivity index (χ1v) is 11.3. The molecule has 34 heavy (non-hydrogen) atoms. The Balaban J connectivity index is 1.49. The molecule has 1 saturated heterocycles. The van der Waals surface area contributed by atoms with Gasteiger partial charge in [0, 0.05) is 38.4 Å². The fraction of sp³-hybridized carbons (Fsp3) is 0.458. The lowest BCUT2D eigenvalue weighted by Gasteiger charge is -2.33. The summed E-state index contributed by atoms with van der Waals surface area (Å²) in [6.07, 6.45) is -1.76. The molecule has 4 rings (SSSR count).